The average molecular weight is 220 g/mol. The lowest BCUT2D eigenvalue weighted by atomic mass is 10.1. The Kier molecular flexibility index (Phi) is 5.71. The molecule has 0 saturated carbocycles. The standard InChI is InChI=1S/C8H8Cl2O.CH3N/c1-5(11)6-2-7(9)4-8(10)3-6;1-2/h2-5,11H,1H3;2H,1H2. The van der Waals surface area contributed by atoms with Crippen molar-refractivity contribution in [3.63, 3.8) is 0 Å². The fourth-order valence-corrected chi connectivity index (χ4v) is 1.36. The fourth-order valence-electron chi connectivity index (χ4n) is 0.816. The third kappa shape index (κ3) is 4.27. The zero-order chi connectivity index (χ0) is 10.4. The predicted octanol–water partition coefficient (Wildman–Crippen LogP) is 3.31. The highest BCUT2D eigenvalue weighted by atomic mass is 35.5. The molecule has 0 fully saturated rings. The molecular formula is C9H11Cl2NO. The van der Waals surface area contributed by atoms with Gasteiger partial charge in [-0.05, 0) is 37.4 Å². The van der Waals surface area contributed by atoms with Crippen molar-refractivity contribution in [3.05, 3.63) is 33.8 Å². The second kappa shape index (κ2) is 5.97. The number of halogens is 2. The van der Waals surface area contributed by atoms with Gasteiger partial charge in [-0.25, -0.2) is 0 Å². The molecule has 13 heavy (non-hydrogen) atoms. The number of aliphatic hydroxyl groups excluding tert-OH is 1. The highest BCUT2D eigenvalue weighted by molar-refractivity contribution is 6.34. The zero-order valence-corrected chi connectivity index (χ0v) is 8.73. The van der Waals surface area contributed by atoms with Crippen LogP contribution in [-0.4, -0.2) is 11.8 Å². The van der Waals surface area contributed by atoms with E-state index in [1.54, 1.807) is 25.1 Å². The number of nitrogens with one attached hydrogen (secondary N) is 1. The number of rotatable bonds is 1. The maximum absolute atomic E-state index is 9.16. The lowest BCUT2D eigenvalue weighted by Gasteiger charge is -2.04. The molecule has 1 unspecified atom stereocenters. The van der Waals surface area contributed by atoms with Crippen LogP contribution in [0.25, 0.3) is 0 Å². The van der Waals surface area contributed by atoms with E-state index in [0.29, 0.717) is 10.0 Å². The van der Waals surface area contributed by atoms with E-state index in [1.165, 1.54) is 0 Å². The van der Waals surface area contributed by atoms with E-state index in [1.807, 2.05) is 0 Å². The van der Waals surface area contributed by atoms with Crippen LogP contribution < -0.4 is 0 Å². The first-order chi connectivity index (χ1) is 6.09. The largest absolute Gasteiger partial charge is 0.389 e. The molecule has 0 spiro atoms. The van der Waals surface area contributed by atoms with Crippen LogP contribution in [0.5, 0.6) is 0 Å². The summed E-state index contributed by atoms with van der Waals surface area (Å²) >= 11 is 11.4. The van der Waals surface area contributed by atoms with Crippen LogP contribution in [0.15, 0.2) is 18.2 Å². The summed E-state index contributed by atoms with van der Waals surface area (Å²) in [5.41, 5.74) is 0.738. The molecule has 0 aliphatic rings. The minimum absolute atomic E-state index is 0.522. The Hall–Kier alpha value is -0.570. The van der Waals surface area contributed by atoms with E-state index in [9.17, 15) is 0 Å². The highest BCUT2D eigenvalue weighted by Crippen LogP contribution is 2.22. The summed E-state index contributed by atoms with van der Waals surface area (Å²) in [5, 5.41) is 15.8. The van der Waals surface area contributed by atoms with E-state index < -0.39 is 6.10 Å². The fraction of sp³-hybridized carbons (Fsp3) is 0.222. The molecule has 1 aromatic rings. The van der Waals surface area contributed by atoms with Gasteiger partial charge in [0, 0.05) is 10.0 Å². The first kappa shape index (κ1) is 12.4. The van der Waals surface area contributed by atoms with Crippen LogP contribution >= 0.6 is 23.2 Å². The number of hydrogen-bond acceptors (Lipinski definition) is 2. The van der Waals surface area contributed by atoms with Gasteiger partial charge in [0.2, 0.25) is 0 Å². The summed E-state index contributed by atoms with van der Waals surface area (Å²) in [6.07, 6.45) is -0.522. The number of hydrogen-bond donors (Lipinski definition) is 2. The zero-order valence-electron chi connectivity index (χ0n) is 7.22. The molecule has 0 heterocycles. The highest BCUT2D eigenvalue weighted by Gasteiger charge is 2.02. The average Bonchev–Trinajstić information content (AvgIpc) is 2.06. The minimum Gasteiger partial charge on any atom is -0.389 e. The maximum Gasteiger partial charge on any atom is 0.0762 e. The monoisotopic (exact) mass is 219 g/mol. The Labute approximate surface area is 87.6 Å². The van der Waals surface area contributed by atoms with Crippen LogP contribution in [0, 0.1) is 5.41 Å². The van der Waals surface area contributed by atoms with Gasteiger partial charge >= 0.3 is 0 Å². The number of benzene rings is 1. The molecule has 0 saturated heterocycles. The summed E-state index contributed by atoms with van der Waals surface area (Å²) in [6, 6.07) is 5.02. The molecular weight excluding hydrogens is 209 g/mol. The summed E-state index contributed by atoms with van der Waals surface area (Å²) in [5.74, 6) is 0. The molecule has 0 aliphatic heterocycles. The van der Waals surface area contributed by atoms with Crippen molar-refractivity contribution < 1.29 is 5.11 Å². The summed E-state index contributed by atoms with van der Waals surface area (Å²) in [7, 11) is 0. The molecule has 4 heteroatoms. The topological polar surface area (TPSA) is 44.1 Å². The van der Waals surface area contributed by atoms with E-state index in [0.717, 1.165) is 5.56 Å². The normalized spacial score (nSPS) is 11.4. The summed E-state index contributed by atoms with van der Waals surface area (Å²) in [6.45, 7) is 4.17. The molecule has 0 radical (unpaired) electrons. The van der Waals surface area contributed by atoms with E-state index in [4.69, 9.17) is 33.7 Å². The predicted molar refractivity (Wildman–Crippen MR) is 56.9 cm³/mol. The third-order valence-corrected chi connectivity index (χ3v) is 1.80. The van der Waals surface area contributed by atoms with Crippen molar-refractivity contribution in [2.45, 2.75) is 13.0 Å². The molecule has 0 amide bonds. The van der Waals surface area contributed by atoms with Gasteiger partial charge in [0.15, 0.2) is 0 Å². The van der Waals surface area contributed by atoms with Crippen molar-refractivity contribution in [1.82, 2.24) is 0 Å². The third-order valence-electron chi connectivity index (χ3n) is 1.37. The minimum atomic E-state index is -0.522. The van der Waals surface area contributed by atoms with Gasteiger partial charge in [0.25, 0.3) is 0 Å². The smallest absolute Gasteiger partial charge is 0.0762 e. The van der Waals surface area contributed by atoms with Crippen LogP contribution in [-0.2, 0) is 0 Å². The Bertz CT molecular complexity index is 256. The van der Waals surface area contributed by atoms with E-state index in [2.05, 4.69) is 6.72 Å². The van der Waals surface area contributed by atoms with Crippen molar-refractivity contribution in [1.29, 1.82) is 5.41 Å². The van der Waals surface area contributed by atoms with Crippen LogP contribution in [0.1, 0.15) is 18.6 Å². The molecule has 2 nitrogen and oxygen atoms in total. The van der Waals surface area contributed by atoms with E-state index in [-0.39, 0.29) is 0 Å². The summed E-state index contributed by atoms with van der Waals surface area (Å²) in [4.78, 5) is 0. The second-order valence-electron chi connectivity index (χ2n) is 2.38. The van der Waals surface area contributed by atoms with Crippen molar-refractivity contribution in [2.24, 2.45) is 0 Å². The quantitative estimate of drug-likeness (QED) is 0.700. The first-order valence-electron chi connectivity index (χ1n) is 3.59. The van der Waals surface area contributed by atoms with Gasteiger partial charge in [-0.3, -0.25) is 0 Å². The van der Waals surface area contributed by atoms with Crippen LogP contribution in [0.3, 0.4) is 0 Å². The Balaban J connectivity index is 0.000000671. The van der Waals surface area contributed by atoms with E-state index >= 15 is 0 Å². The van der Waals surface area contributed by atoms with Gasteiger partial charge in [0.05, 0.1) is 6.10 Å². The lowest BCUT2D eigenvalue weighted by molar-refractivity contribution is 0.199. The van der Waals surface area contributed by atoms with Crippen LogP contribution in [0.2, 0.25) is 10.0 Å². The van der Waals surface area contributed by atoms with Gasteiger partial charge in [0.1, 0.15) is 0 Å². The molecule has 1 rings (SSSR count). The molecule has 72 valence electrons. The SMILES string of the molecule is C=N.CC(O)c1cc(Cl)cc(Cl)c1. The molecule has 0 bridgehead atoms. The van der Waals surface area contributed by atoms with Gasteiger partial charge in [-0.1, -0.05) is 23.2 Å². The maximum atomic E-state index is 9.16. The lowest BCUT2D eigenvalue weighted by Crippen LogP contribution is -1.89. The molecule has 1 atom stereocenters. The molecule has 0 aliphatic carbocycles. The van der Waals surface area contributed by atoms with Crippen molar-refractivity contribution >= 4 is 29.9 Å². The number of aliphatic hydroxyl groups is 1. The Morgan fingerprint density at radius 1 is 1.23 bits per heavy atom. The van der Waals surface area contributed by atoms with Crippen LogP contribution in [0.4, 0.5) is 0 Å². The Morgan fingerprint density at radius 3 is 1.92 bits per heavy atom. The summed E-state index contributed by atoms with van der Waals surface area (Å²) < 4.78 is 0. The van der Waals surface area contributed by atoms with Gasteiger partial charge in [-0.2, -0.15) is 0 Å². The molecule has 2 N–H and O–H groups in total. The van der Waals surface area contributed by atoms with Gasteiger partial charge < -0.3 is 10.5 Å². The van der Waals surface area contributed by atoms with Crippen molar-refractivity contribution in [3.8, 4) is 0 Å². The van der Waals surface area contributed by atoms with Gasteiger partial charge in [-0.15, -0.1) is 0 Å². The second-order valence-corrected chi connectivity index (χ2v) is 3.25. The Morgan fingerprint density at radius 2 is 1.62 bits per heavy atom. The molecule has 0 aromatic heterocycles. The van der Waals surface area contributed by atoms with Crippen molar-refractivity contribution in [2.75, 3.05) is 0 Å². The first-order valence-corrected chi connectivity index (χ1v) is 4.34. The molecule has 1 aromatic carbocycles.